The average molecular weight is 323 g/mol. The summed E-state index contributed by atoms with van der Waals surface area (Å²) in [5.41, 5.74) is 6.57. The highest BCUT2D eigenvalue weighted by atomic mass is 127. The molecule has 0 fully saturated rings. The highest BCUT2D eigenvalue weighted by molar-refractivity contribution is 14.1. The van der Waals surface area contributed by atoms with E-state index in [0.29, 0.717) is 12.3 Å². The lowest BCUT2D eigenvalue weighted by atomic mass is 10.2. The Morgan fingerprint density at radius 1 is 1.43 bits per heavy atom. The summed E-state index contributed by atoms with van der Waals surface area (Å²) in [4.78, 5) is 0. The van der Waals surface area contributed by atoms with Crippen LogP contribution in [-0.2, 0) is 16.6 Å². The molecular formula is C10H14INOS. The van der Waals surface area contributed by atoms with Gasteiger partial charge in [0.25, 0.3) is 0 Å². The first-order chi connectivity index (χ1) is 6.63. The second-order valence-corrected chi connectivity index (χ2v) is 6.30. The van der Waals surface area contributed by atoms with E-state index in [2.05, 4.69) is 22.6 Å². The van der Waals surface area contributed by atoms with Crippen LogP contribution in [0.3, 0.4) is 0 Å². The van der Waals surface area contributed by atoms with Crippen LogP contribution < -0.4 is 5.73 Å². The number of nitrogens with two attached hydrogens (primary N) is 1. The molecule has 2 nitrogen and oxygen atoms in total. The summed E-state index contributed by atoms with van der Waals surface area (Å²) in [5, 5.41) is 0.0780. The van der Waals surface area contributed by atoms with Gasteiger partial charge in [0.1, 0.15) is 0 Å². The number of hydrogen-bond donors (Lipinski definition) is 1. The monoisotopic (exact) mass is 323 g/mol. The van der Waals surface area contributed by atoms with Crippen molar-refractivity contribution in [1.29, 1.82) is 0 Å². The molecule has 0 aromatic heterocycles. The summed E-state index contributed by atoms with van der Waals surface area (Å²) >= 11 is 2.26. The van der Waals surface area contributed by atoms with Crippen molar-refractivity contribution in [2.75, 3.05) is 6.54 Å². The van der Waals surface area contributed by atoms with Gasteiger partial charge in [0.15, 0.2) is 0 Å². The molecule has 0 heterocycles. The number of rotatable bonds is 4. The molecule has 78 valence electrons. The molecule has 0 aliphatic rings. The van der Waals surface area contributed by atoms with Gasteiger partial charge in [-0.25, -0.2) is 0 Å². The first kappa shape index (κ1) is 12.1. The maximum absolute atomic E-state index is 11.7. The van der Waals surface area contributed by atoms with Gasteiger partial charge in [-0.3, -0.25) is 4.21 Å². The van der Waals surface area contributed by atoms with Crippen molar-refractivity contribution in [3.63, 3.8) is 0 Å². The maximum atomic E-state index is 11.7. The van der Waals surface area contributed by atoms with Crippen molar-refractivity contribution in [3.8, 4) is 0 Å². The van der Waals surface area contributed by atoms with Crippen LogP contribution >= 0.6 is 22.6 Å². The van der Waals surface area contributed by atoms with Crippen LogP contribution in [0, 0.1) is 3.57 Å². The third-order valence-corrected chi connectivity index (χ3v) is 4.43. The Labute approximate surface area is 101 Å². The molecule has 0 bridgehead atoms. The second-order valence-electron chi connectivity index (χ2n) is 3.20. The van der Waals surface area contributed by atoms with E-state index in [9.17, 15) is 4.21 Å². The predicted molar refractivity (Wildman–Crippen MR) is 69.5 cm³/mol. The lowest BCUT2D eigenvalue weighted by Crippen LogP contribution is -2.22. The molecule has 0 radical (unpaired) electrons. The summed E-state index contributed by atoms with van der Waals surface area (Å²) < 4.78 is 12.9. The van der Waals surface area contributed by atoms with Gasteiger partial charge in [-0.05, 0) is 47.2 Å². The normalized spacial score (nSPS) is 15.1. The average Bonchev–Trinajstić information content (AvgIpc) is 2.20. The first-order valence-electron chi connectivity index (χ1n) is 4.45. The Morgan fingerprint density at radius 2 is 2.00 bits per heavy atom. The van der Waals surface area contributed by atoms with Crippen LogP contribution in [-0.4, -0.2) is 16.0 Å². The summed E-state index contributed by atoms with van der Waals surface area (Å²) in [5.74, 6) is 0.606. The molecule has 0 saturated carbocycles. The van der Waals surface area contributed by atoms with Gasteiger partial charge in [-0.2, -0.15) is 0 Å². The Kier molecular flexibility index (Phi) is 5.05. The van der Waals surface area contributed by atoms with E-state index in [4.69, 9.17) is 5.73 Å². The molecule has 0 aliphatic heterocycles. The summed E-state index contributed by atoms with van der Waals surface area (Å²) in [7, 11) is -0.850. The minimum atomic E-state index is -0.850. The molecule has 0 spiro atoms. The van der Waals surface area contributed by atoms with E-state index >= 15 is 0 Å². The predicted octanol–water partition coefficient (Wildman–Crippen LogP) is 1.89. The molecule has 14 heavy (non-hydrogen) atoms. The zero-order chi connectivity index (χ0) is 10.6. The SMILES string of the molecule is CC(CN)S(=O)Cc1ccc(I)cc1. The van der Waals surface area contributed by atoms with Crippen molar-refractivity contribution in [3.05, 3.63) is 33.4 Å². The van der Waals surface area contributed by atoms with Crippen LogP contribution in [0.25, 0.3) is 0 Å². The number of benzene rings is 1. The van der Waals surface area contributed by atoms with Crippen LogP contribution in [0.2, 0.25) is 0 Å². The fourth-order valence-electron chi connectivity index (χ4n) is 0.994. The molecule has 1 aromatic carbocycles. The van der Waals surface area contributed by atoms with Crippen LogP contribution in [0.5, 0.6) is 0 Å². The van der Waals surface area contributed by atoms with Crippen LogP contribution in [0.15, 0.2) is 24.3 Å². The summed E-state index contributed by atoms with van der Waals surface area (Å²) in [6.45, 7) is 2.40. The Hall–Kier alpha value is 0.0600. The molecule has 1 rings (SSSR count). The molecule has 1 aromatic rings. The molecule has 0 amide bonds. The van der Waals surface area contributed by atoms with Gasteiger partial charge < -0.3 is 5.73 Å². The van der Waals surface area contributed by atoms with Gasteiger partial charge in [0.2, 0.25) is 0 Å². The molecule has 0 aliphatic carbocycles. The number of halogens is 1. The standard InChI is InChI=1S/C10H14INOS/c1-8(6-12)14(13)7-9-2-4-10(11)5-3-9/h2-5,8H,6-7,12H2,1H3. The van der Waals surface area contributed by atoms with Crippen molar-refractivity contribution < 1.29 is 4.21 Å². The largest absolute Gasteiger partial charge is 0.329 e. The Balaban J connectivity index is 2.60. The van der Waals surface area contributed by atoms with E-state index in [-0.39, 0.29) is 5.25 Å². The number of hydrogen-bond acceptors (Lipinski definition) is 2. The van der Waals surface area contributed by atoms with E-state index in [1.165, 1.54) is 3.57 Å². The highest BCUT2D eigenvalue weighted by Gasteiger charge is 2.09. The smallest absolute Gasteiger partial charge is 0.0488 e. The summed E-state index contributed by atoms with van der Waals surface area (Å²) in [6.07, 6.45) is 0. The molecule has 0 saturated heterocycles. The highest BCUT2D eigenvalue weighted by Crippen LogP contribution is 2.10. The van der Waals surface area contributed by atoms with Gasteiger partial charge in [-0.1, -0.05) is 12.1 Å². The van der Waals surface area contributed by atoms with E-state index < -0.39 is 10.8 Å². The van der Waals surface area contributed by atoms with Gasteiger partial charge in [0.05, 0.1) is 0 Å². The lowest BCUT2D eigenvalue weighted by Gasteiger charge is -2.08. The zero-order valence-corrected chi connectivity index (χ0v) is 11.0. The molecule has 2 atom stereocenters. The van der Waals surface area contributed by atoms with E-state index in [1.807, 2.05) is 31.2 Å². The van der Waals surface area contributed by atoms with Crippen molar-refractivity contribution in [2.24, 2.45) is 5.73 Å². The van der Waals surface area contributed by atoms with Crippen molar-refractivity contribution in [2.45, 2.75) is 17.9 Å². The fraction of sp³-hybridized carbons (Fsp3) is 0.400. The quantitative estimate of drug-likeness (QED) is 0.860. The van der Waals surface area contributed by atoms with Gasteiger partial charge in [0, 0.05) is 31.9 Å². The summed E-state index contributed by atoms with van der Waals surface area (Å²) in [6, 6.07) is 8.09. The van der Waals surface area contributed by atoms with Crippen molar-refractivity contribution >= 4 is 33.4 Å². The van der Waals surface area contributed by atoms with Crippen LogP contribution in [0.1, 0.15) is 12.5 Å². The molecular weight excluding hydrogens is 309 g/mol. The van der Waals surface area contributed by atoms with Gasteiger partial charge in [-0.15, -0.1) is 0 Å². The molecule has 2 unspecified atom stereocenters. The molecule has 4 heteroatoms. The van der Waals surface area contributed by atoms with Gasteiger partial charge >= 0.3 is 0 Å². The molecule has 2 N–H and O–H groups in total. The van der Waals surface area contributed by atoms with E-state index in [1.54, 1.807) is 0 Å². The minimum Gasteiger partial charge on any atom is -0.329 e. The third kappa shape index (κ3) is 3.67. The maximum Gasteiger partial charge on any atom is 0.0488 e. The third-order valence-electron chi connectivity index (χ3n) is 2.00. The first-order valence-corrected chi connectivity index (χ1v) is 6.91. The second kappa shape index (κ2) is 5.82. The Bertz CT molecular complexity index is 312. The fourth-order valence-corrected chi connectivity index (χ4v) is 2.37. The van der Waals surface area contributed by atoms with Crippen molar-refractivity contribution in [1.82, 2.24) is 0 Å². The lowest BCUT2D eigenvalue weighted by molar-refractivity contribution is 0.672. The van der Waals surface area contributed by atoms with E-state index in [0.717, 1.165) is 5.56 Å². The zero-order valence-electron chi connectivity index (χ0n) is 8.07. The topological polar surface area (TPSA) is 43.1 Å². The minimum absolute atomic E-state index is 0.0780. The van der Waals surface area contributed by atoms with Crippen LogP contribution in [0.4, 0.5) is 0 Å². The Morgan fingerprint density at radius 3 is 2.50 bits per heavy atom.